The molecule has 0 bridgehead atoms. The van der Waals surface area contributed by atoms with Crippen LogP contribution in [0.25, 0.3) is 5.69 Å². The number of rotatable bonds is 7. The largest absolute Gasteiger partial charge is 0.497 e. The Morgan fingerprint density at radius 1 is 1.19 bits per heavy atom. The van der Waals surface area contributed by atoms with E-state index in [1.807, 2.05) is 41.9 Å². The van der Waals surface area contributed by atoms with Crippen molar-refractivity contribution >= 4 is 17.5 Å². The number of methoxy groups -OCH3 is 1. The van der Waals surface area contributed by atoms with Gasteiger partial charge in [-0.2, -0.15) is 10.2 Å². The summed E-state index contributed by atoms with van der Waals surface area (Å²) >= 11 is 0. The number of hydrogen-bond donors (Lipinski definition) is 1. The van der Waals surface area contributed by atoms with Gasteiger partial charge in [0.05, 0.1) is 24.6 Å². The third-order valence-corrected chi connectivity index (χ3v) is 6.00. The number of ether oxygens (including phenoxy) is 1. The number of aromatic nitrogens is 4. The zero-order valence-corrected chi connectivity index (χ0v) is 18.4. The Balaban J connectivity index is 1.42. The Kier molecular flexibility index (Phi) is 6.25. The maximum atomic E-state index is 13.2. The Morgan fingerprint density at radius 2 is 1.97 bits per heavy atom. The Labute approximate surface area is 186 Å². The first kappa shape index (κ1) is 21.6. The Bertz CT molecular complexity index is 1100. The summed E-state index contributed by atoms with van der Waals surface area (Å²) in [7, 11) is 1.60. The Morgan fingerprint density at radius 3 is 2.66 bits per heavy atom. The van der Waals surface area contributed by atoms with Crippen LogP contribution >= 0.6 is 0 Å². The highest BCUT2D eigenvalue weighted by Gasteiger charge is 2.31. The van der Waals surface area contributed by atoms with Crippen molar-refractivity contribution in [2.24, 2.45) is 5.92 Å². The summed E-state index contributed by atoms with van der Waals surface area (Å²) in [5, 5.41) is 8.54. The number of carbonyl (C=O) groups excluding carboxylic acids is 2. The van der Waals surface area contributed by atoms with Crippen molar-refractivity contribution < 1.29 is 14.3 Å². The molecule has 0 aliphatic carbocycles. The normalized spacial score (nSPS) is 16.2. The second-order valence-electron chi connectivity index (χ2n) is 8.04. The highest BCUT2D eigenvalue weighted by molar-refractivity contribution is 6.02. The summed E-state index contributed by atoms with van der Waals surface area (Å²) in [6.45, 7) is 3.57. The molecule has 1 aromatic carbocycles. The van der Waals surface area contributed by atoms with Gasteiger partial charge < -0.3 is 15.4 Å². The number of nitrogens with zero attached hydrogens (tertiary/aromatic N) is 5. The Hall–Kier alpha value is -3.62. The average Bonchev–Trinajstić information content (AvgIpc) is 3.42. The summed E-state index contributed by atoms with van der Waals surface area (Å²) in [6, 6.07) is 9.20. The third-order valence-electron chi connectivity index (χ3n) is 6.00. The van der Waals surface area contributed by atoms with E-state index in [1.54, 1.807) is 22.9 Å². The van der Waals surface area contributed by atoms with E-state index in [0.717, 1.165) is 30.0 Å². The number of benzene rings is 1. The minimum absolute atomic E-state index is 0.0410. The lowest BCUT2D eigenvalue weighted by Crippen LogP contribution is -2.42. The molecule has 32 heavy (non-hydrogen) atoms. The number of carbonyl (C=O) groups is 2. The molecule has 0 saturated carbocycles. The molecule has 1 unspecified atom stereocenters. The van der Waals surface area contributed by atoms with Gasteiger partial charge in [-0.3, -0.25) is 14.3 Å². The number of nitrogen functional groups attached to an aromatic ring is 1. The number of ketones is 1. The van der Waals surface area contributed by atoms with Gasteiger partial charge in [-0.25, -0.2) is 4.68 Å². The van der Waals surface area contributed by atoms with Gasteiger partial charge in [-0.1, -0.05) is 0 Å². The first-order valence-corrected chi connectivity index (χ1v) is 10.8. The topological polar surface area (TPSA) is 108 Å². The summed E-state index contributed by atoms with van der Waals surface area (Å²) < 4.78 is 8.54. The van der Waals surface area contributed by atoms with E-state index in [1.165, 1.54) is 6.20 Å². The number of piperidine rings is 1. The number of aryl methyl sites for hydroxylation is 2. The first-order valence-electron chi connectivity index (χ1n) is 10.8. The van der Waals surface area contributed by atoms with Crippen LogP contribution in [0.15, 0.2) is 42.7 Å². The van der Waals surface area contributed by atoms with Crippen molar-refractivity contribution in [2.45, 2.75) is 32.7 Å². The first-order chi connectivity index (χ1) is 15.5. The molecule has 9 nitrogen and oxygen atoms in total. The van der Waals surface area contributed by atoms with Crippen LogP contribution < -0.4 is 10.5 Å². The van der Waals surface area contributed by atoms with Gasteiger partial charge in [0.2, 0.25) is 5.91 Å². The van der Waals surface area contributed by atoms with Crippen molar-refractivity contribution in [1.29, 1.82) is 0 Å². The number of anilines is 1. The van der Waals surface area contributed by atoms with Crippen LogP contribution in [0.2, 0.25) is 0 Å². The fraction of sp³-hybridized carbons (Fsp3) is 0.391. The quantitative estimate of drug-likeness (QED) is 0.570. The second kappa shape index (κ2) is 9.25. The van der Waals surface area contributed by atoms with Crippen molar-refractivity contribution in [1.82, 2.24) is 24.5 Å². The molecule has 2 N–H and O–H groups in total. The van der Waals surface area contributed by atoms with Gasteiger partial charge >= 0.3 is 0 Å². The molecule has 1 aliphatic rings. The third kappa shape index (κ3) is 4.37. The van der Waals surface area contributed by atoms with Crippen LogP contribution in [0.3, 0.4) is 0 Å². The molecule has 1 atom stereocenters. The van der Waals surface area contributed by atoms with Crippen molar-refractivity contribution in [3.8, 4) is 11.4 Å². The summed E-state index contributed by atoms with van der Waals surface area (Å²) in [6.07, 6.45) is 5.12. The van der Waals surface area contributed by atoms with Gasteiger partial charge in [0.15, 0.2) is 5.78 Å². The second-order valence-corrected chi connectivity index (χ2v) is 8.04. The summed E-state index contributed by atoms with van der Waals surface area (Å²) in [5.41, 5.74) is 8.45. The molecular weight excluding hydrogens is 408 g/mol. The SMILES string of the molecule is COc1ccc(-n2ncc(C(=O)C3CCCN(C(=O)CCn4nccc4C)C3)c2N)cc1. The summed E-state index contributed by atoms with van der Waals surface area (Å²) in [5.74, 6) is 0.722. The number of amides is 1. The lowest BCUT2D eigenvalue weighted by molar-refractivity contribution is -0.132. The summed E-state index contributed by atoms with van der Waals surface area (Å²) in [4.78, 5) is 27.7. The molecule has 1 saturated heterocycles. The van der Waals surface area contributed by atoms with E-state index in [0.29, 0.717) is 37.4 Å². The van der Waals surface area contributed by atoms with Crippen LogP contribution in [0.1, 0.15) is 35.3 Å². The predicted molar refractivity (Wildman–Crippen MR) is 120 cm³/mol. The maximum absolute atomic E-state index is 13.2. The van der Waals surface area contributed by atoms with Gasteiger partial charge in [-0.15, -0.1) is 0 Å². The van der Waals surface area contributed by atoms with Gasteiger partial charge in [0, 0.05) is 43.9 Å². The van der Waals surface area contributed by atoms with E-state index in [-0.39, 0.29) is 17.6 Å². The zero-order valence-electron chi connectivity index (χ0n) is 18.4. The van der Waals surface area contributed by atoms with E-state index in [9.17, 15) is 9.59 Å². The van der Waals surface area contributed by atoms with Gasteiger partial charge in [0.25, 0.3) is 0 Å². The maximum Gasteiger partial charge on any atom is 0.224 e. The molecule has 9 heteroatoms. The zero-order chi connectivity index (χ0) is 22.7. The standard InChI is InChI=1S/C23H28N6O3/c1-16-9-11-25-28(16)13-10-21(30)27-12-3-4-17(15-27)22(31)20-14-26-29(23(20)24)18-5-7-19(32-2)8-6-18/h5-9,11,14,17H,3-4,10,12-13,15,24H2,1-2H3. The highest BCUT2D eigenvalue weighted by atomic mass is 16.5. The number of hydrogen-bond acceptors (Lipinski definition) is 6. The lowest BCUT2D eigenvalue weighted by atomic mass is 9.90. The van der Waals surface area contributed by atoms with Crippen LogP contribution in [0.5, 0.6) is 5.75 Å². The fourth-order valence-corrected chi connectivity index (χ4v) is 4.11. The molecule has 1 aliphatic heterocycles. The molecular formula is C23H28N6O3. The molecule has 1 fully saturated rings. The van der Waals surface area contributed by atoms with Crippen molar-refractivity contribution in [2.75, 3.05) is 25.9 Å². The van der Waals surface area contributed by atoms with Gasteiger partial charge in [0.1, 0.15) is 11.6 Å². The molecule has 1 amide bonds. The monoisotopic (exact) mass is 436 g/mol. The van der Waals surface area contributed by atoms with E-state index >= 15 is 0 Å². The highest BCUT2D eigenvalue weighted by Crippen LogP contribution is 2.26. The van der Waals surface area contributed by atoms with Crippen LogP contribution in [0, 0.1) is 12.8 Å². The molecule has 4 rings (SSSR count). The molecule has 0 radical (unpaired) electrons. The van der Waals surface area contributed by atoms with Crippen LogP contribution in [-0.2, 0) is 11.3 Å². The smallest absolute Gasteiger partial charge is 0.224 e. The van der Waals surface area contributed by atoms with Crippen molar-refractivity contribution in [3.63, 3.8) is 0 Å². The van der Waals surface area contributed by atoms with Crippen molar-refractivity contribution in [3.05, 3.63) is 54.0 Å². The number of Topliss-reactive ketones (excluding diaryl/α,β-unsaturated/α-hetero) is 1. The molecule has 3 aromatic rings. The van der Waals surface area contributed by atoms with Crippen LogP contribution in [-0.4, -0.2) is 56.4 Å². The van der Waals surface area contributed by atoms with E-state index < -0.39 is 0 Å². The van der Waals surface area contributed by atoms with Crippen LogP contribution in [0.4, 0.5) is 5.82 Å². The average molecular weight is 437 g/mol. The lowest BCUT2D eigenvalue weighted by Gasteiger charge is -2.32. The molecule has 168 valence electrons. The minimum atomic E-state index is -0.282. The predicted octanol–water partition coefficient (Wildman–Crippen LogP) is 2.48. The molecule has 2 aromatic heterocycles. The van der Waals surface area contributed by atoms with Gasteiger partial charge in [-0.05, 0) is 50.1 Å². The number of likely N-dealkylation sites (tertiary alicyclic amines) is 1. The molecule has 0 spiro atoms. The molecule has 3 heterocycles. The fourth-order valence-electron chi connectivity index (χ4n) is 4.11. The van der Waals surface area contributed by atoms with E-state index in [4.69, 9.17) is 10.5 Å². The van der Waals surface area contributed by atoms with E-state index in [2.05, 4.69) is 10.2 Å². The number of nitrogens with two attached hydrogens (primary N) is 1. The minimum Gasteiger partial charge on any atom is -0.497 e.